The van der Waals surface area contributed by atoms with Crippen molar-refractivity contribution in [3.63, 3.8) is 0 Å². The lowest BCUT2D eigenvalue weighted by atomic mass is 9.55. The molecule has 0 saturated carbocycles. The van der Waals surface area contributed by atoms with Crippen LogP contribution < -0.4 is 0 Å². The number of aromatic nitrogens is 1. The van der Waals surface area contributed by atoms with Gasteiger partial charge in [-0.25, -0.2) is 0 Å². The van der Waals surface area contributed by atoms with Gasteiger partial charge in [-0.2, -0.15) is 0 Å². The summed E-state index contributed by atoms with van der Waals surface area (Å²) in [4.78, 5) is 31.2. The van der Waals surface area contributed by atoms with Crippen LogP contribution in [-0.2, 0) is 20.7 Å². The molecule has 3 saturated heterocycles. The molecule has 2 unspecified atom stereocenters. The summed E-state index contributed by atoms with van der Waals surface area (Å²) in [6.45, 7) is 2.81. The van der Waals surface area contributed by atoms with Gasteiger partial charge in [0.05, 0.1) is 13.2 Å². The third-order valence-corrected chi connectivity index (χ3v) is 6.88. The molecule has 2 aromatic rings. The molecule has 1 N–H and O–H groups in total. The molecule has 0 spiro atoms. The van der Waals surface area contributed by atoms with Crippen molar-refractivity contribution in [2.24, 2.45) is 11.3 Å². The van der Waals surface area contributed by atoms with Crippen molar-refractivity contribution in [2.45, 2.75) is 31.8 Å². The van der Waals surface area contributed by atoms with E-state index in [0.717, 1.165) is 24.8 Å². The summed E-state index contributed by atoms with van der Waals surface area (Å²) in [7, 11) is 1.39. The van der Waals surface area contributed by atoms with Gasteiger partial charge in [0.2, 0.25) is 0 Å². The quantitative estimate of drug-likeness (QED) is 0.392. The first-order chi connectivity index (χ1) is 12.7. The van der Waals surface area contributed by atoms with Gasteiger partial charge in [0.25, 0.3) is 0 Å². The van der Waals surface area contributed by atoms with Crippen LogP contribution >= 0.6 is 0 Å². The largest absolute Gasteiger partial charge is 0.468 e. The van der Waals surface area contributed by atoms with Crippen molar-refractivity contribution in [3.8, 4) is 0 Å². The van der Waals surface area contributed by atoms with Gasteiger partial charge in [0, 0.05) is 35.1 Å². The van der Waals surface area contributed by atoms with Crippen LogP contribution in [-0.4, -0.2) is 41.8 Å². The Kier molecular flexibility index (Phi) is 3.23. The Morgan fingerprint density at radius 2 is 2.19 bits per heavy atom. The van der Waals surface area contributed by atoms with Crippen molar-refractivity contribution in [3.05, 3.63) is 47.2 Å². The first-order valence-electron chi connectivity index (χ1n) is 9.20. The van der Waals surface area contributed by atoms with Gasteiger partial charge in [-0.3, -0.25) is 9.69 Å². The average Bonchev–Trinajstić information content (AvgIpc) is 3.06. The number of H-pyrrole nitrogens is 1. The molecule has 5 heteroatoms. The second-order valence-corrected chi connectivity index (χ2v) is 7.67. The Hall–Kier alpha value is -2.40. The maximum absolute atomic E-state index is 12.9. The van der Waals surface area contributed by atoms with E-state index < -0.39 is 11.4 Å². The molecule has 4 aliphatic heterocycles. The summed E-state index contributed by atoms with van der Waals surface area (Å²) in [5.74, 6) is -0.481. The summed E-state index contributed by atoms with van der Waals surface area (Å²) < 4.78 is 5.15. The number of aromatic amines is 1. The van der Waals surface area contributed by atoms with Crippen molar-refractivity contribution in [2.75, 3.05) is 13.7 Å². The molecule has 1 aromatic carbocycles. The standard InChI is InChI=1S/C21H22N2O3/c1-3-12-10-23-17-9-15(12)21(11-24,20(25)26-2)18(23)8-14-13-6-4-5-7-16(13)22-19(14)17/h3-7,11,15,17-18,22H,8-10H2,1-2H3/b12-3-/t15-,17+,18+,21?/m1/s1. The third kappa shape index (κ3) is 1.69. The predicted octanol–water partition coefficient (Wildman–Crippen LogP) is 2.77. The van der Waals surface area contributed by atoms with Crippen LogP contribution in [0.4, 0.5) is 0 Å². The van der Waals surface area contributed by atoms with E-state index in [4.69, 9.17) is 4.74 Å². The third-order valence-electron chi connectivity index (χ3n) is 6.88. The number of esters is 1. The van der Waals surface area contributed by atoms with E-state index in [9.17, 15) is 9.59 Å². The highest BCUT2D eigenvalue weighted by atomic mass is 16.5. The monoisotopic (exact) mass is 350 g/mol. The number of carbonyl (C=O) groups excluding carboxylic acids is 2. The minimum atomic E-state index is -1.11. The Morgan fingerprint density at radius 3 is 2.92 bits per heavy atom. The highest BCUT2D eigenvalue weighted by molar-refractivity contribution is 5.96. The number of rotatable bonds is 2. The van der Waals surface area contributed by atoms with Crippen LogP contribution in [0.15, 0.2) is 35.9 Å². The minimum absolute atomic E-state index is 0.0861. The lowest BCUT2D eigenvalue weighted by molar-refractivity contribution is -0.176. The number of benzene rings is 1. The number of carbonyl (C=O) groups is 2. The number of hydrogen-bond acceptors (Lipinski definition) is 4. The fraction of sp³-hybridized carbons (Fsp3) is 0.429. The molecule has 0 amide bonds. The van der Waals surface area contributed by atoms with Crippen LogP contribution in [0.3, 0.4) is 0 Å². The maximum Gasteiger partial charge on any atom is 0.321 e. The Balaban J connectivity index is 1.74. The second kappa shape index (κ2) is 5.30. The lowest BCUT2D eigenvalue weighted by Gasteiger charge is -2.61. The van der Waals surface area contributed by atoms with Crippen LogP contribution in [0.2, 0.25) is 0 Å². The van der Waals surface area contributed by atoms with Crippen LogP contribution in [0.25, 0.3) is 10.9 Å². The van der Waals surface area contributed by atoms with E-state index in [2.05, 4.69) is 28.1 Å². The number of allylic oxidation sites excluding steroid dienone is 1. The van der Waals surface area contributed by atoms with E-state index in [1.54, 1.807) is 0 Å². The summed E-state index contributed by atoms with van der Waals surface area (Å²) in [6, 6.07) is 8.37. The lowest BCUT2D eigenvalue weighted by Crippen LogP contribution is -2.69. The number of nitrogens with one attached hydrogen (secondary N) is 1. The first-order valence-corrected chi connectivity index (χ1v) is 9.20. The summed E-state index contributed by atoms with van der Waals surface area (Å²) in [5.41, 5.74) is 3.70. The number of nitrogens with zero attached hydrogens (tertiary/aromatic N) is 1. The van der Waals surface area contributed by atoms with Crippen molar-refractivity contribution in [1.82, 2.24) is 9.88 Å². The number of para-hydroxylation sites is 1. The van der Waals surface area contributed by atoms with Gasteiger partial charge in [-0.05, 0) is 31.4 Å². The molecule has 6 rings (SSSR count). The van der Waals surface area contributed by atoms with Crippen molar-refractivity contribution in [1.29, 1.82) is 0 Å². The summed E-state index contributed by atoms with van der Waals surface area (Å²) in [6.07, 6.45) is 4.40. The molecule has 3 fully saturated rings. The Morgan fingerprint density at radius 1 is 1.38 bits per heavy atom. The maximum atomic E-state index is 12.9. The first kappa shape index (κ1) is 15.8. The molecule has 4 bridgehead atoms. The molecule has 0 radical (unpaired) electrons. The smallest absolute Gasteiger partial charge is 0.321 e. The minimum Gasteiger partial charge on any atom is -0.468 e. The molecule has 5 heterocycles. The SMILES string of the molecule is C/C=C1/CN2[C@H]3Cc4c([nH]c5ccccc45)[C@@H]2C[C@H]1C3(C=O)C(=O)OC. The molecule has 5 atom stereocenters. The second-order valence-electron chi connectivity index (χ2n) is 7.67. The number of aldehydes is 1. The Bertz CT molecular complexity index is 959. The Labute approximate surface area is 152 Å². The van der Waals surface area contributed by atoms with Crippen LogP contribution in [0, 0.1) is 11.3 Å². The van der Waals surface area contributed by atoms with Crippen molar-refractivity contribution >= 4 is 23.2 Å². The average molecular weight is 350 g/mol. The number of ether oxygens (including phenoxy) is 1. The van der Waals surface area contributed by atoms with E-state index in [-0.39, 0.29) is 18.0 Å². The summed E-state index contributed by atoms with van der Waals surface area (Å²) in [5, 5.41) is 1.20. The van der Waals surface area contributed by atoms with Crippen LogP contribution in [0.5, 0.6) is 0 Å². The molecule has 5 nitrogen and oxygen atoms in total. The molecular weight excluding hydrogens is 328 g/mol. The topological polar surface area (TPSA) is 62.4 Å². The van der Waals surface area contributed by atoms with Gasteiger partial charge >= 0.3 is 5.97 Å². The number of piperidine rings is 3. The van der Waals surface area contributed by atoms with Crippen LogP contribution in [0.1, 0.15) is 30.6 Å². The molecule has 134 valence electrons. The number of fused-ring (bicyclic) bond motifs is 4. The zero-order valence-corrected chi connectivity index (χ0v) is 15.0. The highest BCUT2D eigenvalue weighted by Crippen LogP contribution is 2.59. The fourth-order valence-electron chi connectivity index (χ4n) is 5.72. The normalized spacial score (nSPS) is 36.2. The molecule has 1 aromatic heterocycles. The van der Waals surface area contributed by atoms with E-state index in [0.29, 0.717) is 6.42 Å². The van der Waals surface area contributed by atoms with E-state index in [1.165, 1.54) is 29.3 Å². The molecular formula is C21H22N2O3. The molecule has 26 heavy (non-hydrogen) atoms. The van der Waals surface area contributed by atoms with Gasteiger partial charge in [-0.1, -0.05) is 29.8 Å². The molecule has 4 aliphatic rings. The van der Waals surface area contributed by atoms with E-state index in [1.807, 2.05) is 19.1 Å². The predicted molar refractivity (Wildman–Crippen MR) is 97.6 cm³/mol. The zero-order valence-electron chi connectivity index (χ0n) is 15.0. The van der Waals surface area contributed by atoms with Gasteiger partial charge in [0.1, 0.15) is 11.7 Å². The summed E-state index contributed by atoms with van der Waals surface area (Å²) >= 11 is 0. The number of methoxy groups -OCH3 is 1. The van der Waals surface area contributed by atoms with Gasteiger partial charge < -0.3 is 14.5 Å². The highest BCUT2D eigenvalue weighted by Gasteiger charge is 2.65. The zero-order chi connectivity index (χ0) is 18.1. The fourth-order valence-corrected chi connectivity index (χ4v) is 5.72. The number of hydrogen-bond donors (Lipinski definition) is 1. The van der Waals surface area contributed by atoms with Gasteiger partial charge in [0.15, 0.2) is 0 Å². The van der Waals surface area contributed by atoms with Crippen molar-refractivity contribution < 1.29 is 14.3 Å². The van der Waals surface area contributed by atoms with Gasteiger partial charge in [-0.15, -0.1) is 0 Å². The molecule has 0 aliphatic carbocycles. The van der Waals surface area contributed by atoms with E-state index >= 15 is 0 Å².